The molecule has 3 heterocycles. The normalized spacial score (nSPS) is 12.8. The lowest BCUT2D eigenvalue weighted by atomic mass is 10.1. The molecule has 0 aliphatic rings. The van der Waals surface area contributed by atoms with Gasteiger partial charge in [-0.15, -0.1) is 10.2 Å². The summed E-state index contributed by atoms with van der Waals surface area (Å²) in [4.78, 5) is 26.4. The maximum Gasteiger partial charge on any atom is 0.262 e. The zero-order chi connectivity index (χ0) is 25.3. The third-order valence-corrected chi connectivity index (χ3v) is 7.30. The highest BCUT2D eigenvalue weighted by Gasteiger charge is 2.21. The summed E-state index contributed by atoms with van der Waals surface area (Å²) in [6.45, 7) is 11.5. The number of Topliss-reactive ketones (excluding diaryl/α,β-unsaturated/α-hetero) is 1. The molecule has 35 heavy (non-hydrogen) atoms. The van der Waals surface area contributed by atoms with Gasteiger partial charge in [-0.05, 0) is 51.3 Å². The first kappa shape index (κ1) is 25.2. The first-order valence-electron chi connectivity index (χ1n) is 11.9. The van der Waals surface area contributed by atoms with E-state index in [0.29, 0.717) is 41.0 Å². The van der Waals surface area contributed by atoms with Crippen LogP contribution in [-0.4, -0.2) is 49.0 Å². The number of aryl methyl sites for hydroxylation is 2. The van der Waals surface area contributed by atoms with Gasteiger partial charge in [-0.3, -0.25) is 18.6 Å². The summed E-state index contributed by atoms with van der Waals surface area (Å²) < 4.78 is 11.1. The number of fused-ring (bicyclic) bond motifs is 3. The molecule has 0 N–H and O–H groups in total. The third kappa shape index (κ3) is 4.79. The summed E-state index contributed by atoms with van der Waals surface area (Å²) in [7, 11) is 1.68. The van der Waals surface area contributed by atoms with Crippen LogP contribution >= 0.6 is 11.8 Å². The topological polar surface area (TPSA) is 83.4 Å². The Hall–Kier alpha value is -2.91. The maximum absolute atomic E-state index is 13.2. The van der Waals surface area contributed by atoms with Gasteiger partial charge in [0.05, 0.1) is 29.3 Å². The number of ether oxygens (including phenoxy) is 1. The highest BCUT2D eigenvalue weighted by Crippen LogP contribution is 2.26. The van der Waals surface area contributed by atoms with Crippen molar-refractivity contribution < 1.29 is 9.53 Å². The quantitative estimate of drug-likeness (QED) is 0.234. The van der Waals surface area contributed by atoms with E-state index in [0.717, 1.165) is 23.3 Å². The van der Waals surface area contributed by atoms with Crippen LogP contribution in [0.2, 0.25) is 0 Å². The van der Waals surface area contributed by atoms with Crippen LogP contribution in [0.5, 0.6) is 0 Å². The molecular weight excluding hydrogens is 462 g/mol. The van der Waals surface area contributed by atoms with Crippen LogP contribution in [0.25, 0.3) is 16.7 Å². The second kappa shape index (κ2) is 10.4. The number of hydrogen-bond donors (Lipinski definition) is 0. The van der Waals surface area contributed by atoms with Gasteiger partial charge in [-0.25, -0.2) is 0 Å². The van der Waals surface area contributed by atoms with Crippen molar-refractivity contribution in [2.75, 3.05) is 19.5 Å². The predicted octanol–water partition coefficient (Wildman–Crippen LogP) is 4.69. The number of benzene rings is 1. The monoisotopic (exact) mass is 495 g/mol. The van der Waals surface area contributed by atoms with Gasteiger partial charge in [0.1, 0.15) is 0 Å². The van der Waals surface area contributed by atoms with Crippen LogP contribution in [-0.2, 0) is 11.3 Å². The van der Waals surface area contributed by atoms with Crippen molar-refractivity contribution in [3.05, 3.63) is 57.6 Å². The summed E-state index contributed by atoms with van der Waals surface area (Å²) in [5.41, 5.74) is 3.38. The number of hydrogen-bond acceptors (Lipinski definition) is 6. The van der Waals surface area contributed by atoms with Gasteiger partial charge in [-0.1, -0.05) is 37.7 Å². The molecule has 0 fully saturated rings. The zero-order valence-electron chi connectivity index (χ0n) is 21.2. The van der Waals surface area contributed by atoms with Crippen molar-refractivity contribution in [2.45, 2.75) is 58.8 Å². The molecule has 0 bridgehead atoms. The number of ketones is 1. The van der Waals surface area contributed by atoms with Crippen molar-refractivity contribution in [3.63, 3.8) is 0 Å². The fraction of sp³-hybridized carbons (Fsp3) is 0.462. The van der Waals surface area contributed by atoms with E-state index in [1.54, 1.807) is 11.7 Å². The Labute approximate surface area is 209 Å². The second-order valence-electron chi connectivity index (χ2n) is 9.45. The minimum Gasteiger partial charge on any atom is -0.383 e. The average Bonchev–Trinajstić information content (AvgIpc) is 3.38. The number of methoxy groups -OCH3 is 1. The summed E-state index contributed by atoms with van der Waals surface area (Å²) in [5, 5.41) is 9.96. The number of nitrogens with zero attached hydrogens (tertiary/aromatic N) is 5. The molecule has 8 nitrogen and oxygen atoms in total. The molecule has 3 aromatic heterocycles. The smallest absolute Gasteiger partial charge is 0.262 e. The molecule has 0 aliphatic carbocycles. The molecule has 4 rings (SSSR count). The molecule has 0 spiro atoms. The Morgan fingerprint density at radius 1 is 1.14 bits per heavy atom. The fourth-order valence-corrected chi connectivity index (χ4v) is 5.50. The van der Waals surface area contributed by atoms with Gasteiger partial charge in [0.25, 0.3) is 5.56 Å². The van der Waals surface area contributed by atoms with E-state index in [-0.39, 0.29) is 23.1 Å². The van der Waals surface area contributed by atoms with Crippen LogP contribution < -0.4 is 5.56 Å². The molecule has 0 saturated heterocycles. The molecule has 1 aromatic carbocycles. The number of aromatic nitrogens is 5. The van der Waals surface area contributed by atoms with Crippen molar-refractivity contribution in [1.29, 1.82) is 0 Å². The number of para-hydroxylation sites is 1. The van der Waals surface area contributed by atoms with Gasteiger partial charge < -0.3 is 9.30 Å². The lowest BCUT2D eigenvalue weighted by Gasteiger charge is -2.17. The van der Waals surface area contributed by atoms with E-state index >= 15 is 0 Å². The summed E-state index contributed by atoms with van der Waals surface area (Å²) in [5.74, 6) is 1.22. The van der Waals surface area contributed by atoms with E-state index in [4.69, 9.17) is 4.74 Å². The van der Waals surface area contributed by atoms with Crippen molar-refractivity contribution in [1.82, 2.24) is 23.7 Å². The SMILES string of the molecule is COCC(C)n1c(C)cc(C(=O)CSc2nnc3n(CCC(C)C)c(=O)c4ccccc4n23)c1C. The Morgan fingerprint density at radius 2 is 1.89 bits per heavy atom. The van der Waals surface area contributed by atoms with E-state index in [2.05, 4.69) is 35.5 Å². The number of thioether (sulfide) groups is 1. The van der Waals surface area contributed by atoms with Gasteiger partial charge in [0.2, 0.25) is 5.78 Å². The van der Waals surface area contributed by atoms with Crippen molar-refractivity contribution in [2.24, 2.45) is 5.92 Å². The summed E-state index contributed by atoms with van der Waals surface area (Å²) in [6, 6.07) is 9.59. The van der Waals surface area contributed by atoms with E-state index < -0.39 is 0 Å². The van der Waals surface area contributed by atoms with E-state index in [1.807, 2.05) is 48.6 Å². The maximum atomic E-state index is 13.2. The van der Waals surface area contributed by atoms with Gasteiger partial charge in [0, 0.05) is 30.6 Å². The van der Waals surface area contributed by atoms with Gasteiger partial charge >= 0.3 is 0 Å². The third-order valence-electron chi connectivity index (χ3n) is 6.37. The van der Waals surface area contributed by atoms with Crippen molar-refractivity contribution in [3.8, 4) is 0 Å². The van der Waals surface area contributed by atoms with Gasteiger partial charge in [0.15, 0.2) is 10.9 Å². The summed E-state index contributed by atoms with van der Waals surface area (Å²) in [6.07, 6.45) is 0.860. The minimum absolute atomic E-state index is 0.0353. The molecular formula is C26H33N5O3S. The zero-order valence-corrected chi connectivity index (χ0v) is 22.1. The Morgan fingerprint density at radius 3 is 2.60 bits per heavy atom. The lowest BCUT2D eigenvalue weighted by Crippen LogP contribution is -2.24. The Bertz CT molecular complexity index is 1430. The fourth-order valence-electron chi connectivity index (χ4n) is 4.68. The first-order chi connectivity index (χ1) is 16.7. The number of carbonyl (C=O) groups is 1. The van der Waals surface area contributed by atoms with Crippen LogP contribution in [0.15, 0.2) is 40.3 Å². The molecule has 9 heteroatoms. The second-order valence-corrected chi connectivity index (χ2v) is 10.4. The van der Waals surface area contributed by atoms with Crippen LogP contribution in [0.3, 0.4) is 0 Å². The molecule has 0 radical (unpaired) electrons. The highest BCUT2D eigenvalue weighted by molar-refractivity contribution is 7.99. The minimum atomic E-state index is -0.0635. The van der Waals surface area contributed by atoms with Gasteiger partial charge in [-0.2, -0.15) is 0 Å². The van der Waals surface area contributed by atoms with Crippen LogP contribution in [0, 0.1) is 19.8 Å². The molecule has 0 amide bonds. The predicted molar refractivity (Wildman–Crippen MR) is 140 cm³/mol. The number of rotatable bonds is 10. The van der Waals surface area contributed by atoms with E-state index in [1.165, 1.54) is 11.8 Å². The van der Waals surface area contributed by atoms with Crippen LogP contribution in [0.1, 0.15) is 55.0 Å². The van der Waals surface area contributed by atoms with E-state index in [9.17, 15) is 9.59 Å². The largest absolute Gasteiger partial charge is 0.383 e. The molecule has 1 atom stereocenters. The average molecular weight is 496 g/mol. The molecule has 0 saturated carbocycles. The standard InChI is InChI=1S/C26H33N5O3S/c1-16(2)11-12-29-24(33)20-9-7-8-10-22(20)31-25(29)27-28-26(31)35-15-23(32)21-13-17(3)30(19(21)5)18(4)14-34-6/h7-10,13,16,18H,11-12,14-15H2,1-6H3. The van der Waals surface area contributed by atoms with Crippen LogP contribution in [0.4, 0.5) is 0 Å². The number of carbonyl (C=O) groups excluding carboxylic acids is 1. The molecule has 186 valence electrons. The first-order valence-corrected chi connectivity index (χ1v) is 12.9. The van der Waals surface area contributed by atoms with Crippen molar-refractivity contribution >= 4 is 34.2 Å². The summed E-state index contributed by atoms with van der Waals surface area (Å²) >= 11 is 1.35. The molecule has 0 aliphatic heterocycles. The highest BCUT2D eigenvalue weighted by atomic mass is 32.2. The molecule has 1 unspecified atom stereocenters. The Balaban J connectivity index is 1.68. The lowest BCUT2D eigenvalue weighted by molar-refractivity contribution is 0.102. The molecule has 4 aromatic rings. The Kier molecular flexibility index (Phi) is 7.47.